The minimum atomic E-state index is -4.50. The lowest BCUT2D eigenvalue weighted by Crippen LogP contribution is -2.23. The molecule has 3 rings (SSSR count). The summed E-state index contributed by atoms with van der Waals surface area (Å²) in [6.07, 6.45) is -3.26. The number of para-hydroxylation sites is 1. The van der Waals surface area contributed by atoms with Crippen LogP contribution in [0.15, 0.2) is 71.7 Å². The van der Waals surface area contributed by atoms with Gasteiger partial charge in [0.1, 0.15) is 0 Å². The molecule has 0 atom stereocenters. The van der Waals surface area contributed by atoms with E-state index in [1.165, 1.54) is 36.5 Å². The summed E-state index contributed by atoms with van der Waals surface area (Å²) in [6, 6.07) is 13.2. The Morgan fingerprint density at radius 3 is 2.43 bits per heavy atom. The predicted molar refractivity (Wildman–Crippen MR) is 104 cm³/mol. The highest BCUT2D eigenvalue weighted by atomic mass is 19.4. The molecule has 9 heteroatoms. The summed E-state index contributed by atoms with van der Waals surface area (Å²) in [5.41, 5.74) is 4.62. The minimum absolute atomic E-state index is 0.0841. The summed E-state index contributed by atoms with van der Waals surface area (Å²) < 4.78 is 39.8. The Balaban J connectivity index is 1.86. The molecule has 0 saturated heterocycles. The molecule has 3 N–H and O–H groups in total. The average molecular weight is 415 g/mol. The number of nitrogens with one attached hydrogen (secondary N) is 1. The number of alkyl halides is 3. The number of hydrogen-bond donors (Lipinski definition) is 2. The van der Waals surface area contributed by atoms with Crippen LogP contribution in [0, 0.1) is 0 Å². The first-order valence-corrected chi connectivity index (χ1v) is 8.72. The highest BCUT2D eigenvalue weighted by molar-refractivity contribution is 6.08. The van der Waals surface area contributed by atoms with Gasteiger partial charge in [-0.15, -0.1) is 0 Å². The highest BCUT2D eigenvalue weighted by Crippen LogP contribution is 2.29. The van der Waals surface area contributed by atoms with Crippen molar-refractivity contribution in [1.29, 1.82) is 0 Å². The number of halogens is 3. The van der Waals surface area contributed by atoms with E-state index in [0.29, 0.717) is 0 Å². The van der Waals surface area contributed by atoms with Crippen molar-refractivity contribution in [2.45, 2.75) is 12.7 Å². The second-order valence-electron chi connectivity index (χ2n) is 6.45. The van der Waals surface area contributed by atoms with Gasteiger partial charge in [-0.05, 0) is 35.9 Å². The maximum absolute atomic E-state index is 12.9. The Hall–Kier alpha value is -3.88. The third kappa shape index (κ3) is 4.75. The van der Waals surface area contributed by atoms with Crippen molar-refractivity contribution < 1.29 is 22.8 Å². The average Bonchev–Trinajstić information content (AvgIpc) is 2.69. The number of aromatic nitrogens is 1. The number of rotatable bonds is 5. The molecule has 0 fully saturated rings. The second kappa shape index (κ2) is 8.24. The van der Waals surface area contributed by atoms with Gasteiger partial charge in [-0.25, -0.2) is 0 Å². The zero-order valence-electron chi connectivity index (χ0n) is 15.4. The van der Waals surface area contributed by atoms with Crippen LogP contribution in [-0.2, 0) is 12.7 Å². The third-order valence-electron chi connectivity index (χ3n) is 4.29. The quantitative estimate of drug-likeness (QED) is 0.670. The number of primary amides is 1. The molecular formula is C21H16F3N3O3. The topological polar surface area (TPSA) is 94.2 Å². The predicted octanol–water partition coefficient (Wildman–Crippen LogP) is 3.27. The van der Waals surface area contributed by atoms with Gasteiger partial charge in [0.15, 0.2) is 0 Å². The largest absolute Gasteiger partial charge is 0.416 e. The van der Waals surface area contributed by atoms with Crippen LogP contribution in [0.25, 0.3) is 0 Å². The van der Waals surface area contributed by atoms with E-state index in [0.717, 1.165) is 22.8 Å². The van der Waals surface area contributed by atoms with Gasteiger partial charge in [-0.1, -0.05) is 24.3 Å². The molecular weight excluding hydrogens is 399 g/mol. The number of anilines is 1. The van der Waals surface area contributed by atoms with E-state index >= 15 is 0 Å². The molecule has 0 bridgehead atoms. The highest BCUT2D eigenvalue weighted by Gasteiger charge is 2.30. The fraction of sp³-hybridized carbons (Fsp3) is 0.0952. The second-order valence-corrected chi connectivity index (χ2v) is 6.45. The smallest absolute Gasteiger partial charge is 0.366 e. The number of nitrogens with zero attached hydrogens (tertiary/aromatic N) is 1. The summed E-state index contributed by atoms with van der Waals surface area (Å²) in [5, 5.41) is 2.54. The van der Waals surface area contributed by atoms with E-state index in [9.17, 15) is 27.6 Å². The van der Waals surface area contributed by atoms with E-state index in [1.807, 2.05) is 0 Å². The van der Waals surface area contributed by atoms with Crippen LogP contribution in [-0.4, -0.2) is 16.4 Å². The molecule has 0 aliphatic rings. The first-order chi connectivity index (χ1) is 14.1. The molecule has 0 aliphatic heterocycles. The van der Waals surface area contributed by atoms with Crippen molar-refractivity contribution in [3.63, 3.8) is 0 Å². The maximum atomic E-state index is 12.9. The number of carbonyl (C=O) groups is 2. The summed E-state index contributed by atoms with van der Waals surface area (Å²) >= 11 is 0. The van der Waals surface area contributed by atoms with Gasteiger partial charge in [-0.3, -0.25) is 14.4 Å². The Morgan fingerprint density at radius 2 is 1.73 bits per heavy atom. The molecule has 0 unspecified atom stereocenters. The van der Waals surface area contributed by atoms with Crippen molar-refractivity contribution in [2.75, 3.05) is 5.32 Å². The molecule has 6 nitrogen and oxygen atoms in total. The molecule has 1 aromatic heterocycles. The van der Waals surface area contributed by atoms with Crippen LogP contribution in [0.1, 0.15) is 31.8 Å². The van der Waals surface area contributed by atoms with Crippen LogP contribution < -0.4 is 16.6 Å². The van der Waals surface area contributed by atoms with Gasteiger partial charge in [0.25, 0.3) is 17.4 Å². The van der Waals surface area contributed by atoms with Gasteiger partial charge in [-0.2, -0.15) is 13.2 Å². The fourth-order valence-electron chi connectivity index (χ4n) is 2.83. The van der Waals surface area contributed by atoms with Gasteiger partial charge in [0.05, 0.1) is 28.9 Å². The first-order valence-electron chi connectivity index (χ1n) is 8.72. The zero-order chi connectivity index (χ0) is 21.9. The zero-order valence-corrected chi connectivity index (χ0v) is 15.4. The Bertz CT molecular complexity index is 1170. The molecule has 3 aromatic rings. The van der Waals surface area contributed by atoms with E-state index in [-0.39, 0.29) is 28.9 Å². The van der Waals surface area contributed by atoms with Crippen molar-refractivity contribution in [1.82, 2.24) is 4.57 Å². The third-order valence-corrected chi connectivity index (χ3v) is 4.29. The summed E-state index contributed by atoms with van der Waals surface area (Å²) in [7, 11) is 0. The van der Waals surface area contributed by atoms with Crippen molar-refractivity contribution in [3.05, 3.63) is 99.5 Å². The standard InChI is InChI=1S/C21H16F3N3O3/c22-21(23,24)15-5-3-4-13(10-15)11-27-12-14(8-9-18(27)28)20(30)26-17-7-2-1-6-16(17)19(25)29/h1-10,12H,11H2,(H2,25,29)(H,26,30). The molecule has 0 saturated carbocycles. The van der Waals surface area contributed by atoms with Crippen molar-refractivity contribution >= 4 is 17.5 Å². The number of benzene rings is 2. The molecule has 30 heavy (non-hydrogen) atoms. The van der Waals surface area contributed by atoms with Crippen LogP contribution in [0.3, 0.4) is 0 Å². The van der Waals surface area contributed by atoms with Gasteiger partial charge in [0.2, 0.25) is 0 Å². The number of hydrogen-bond acceptors (Lipinski definition) is 3. The number of carbonyl (C=O) groups excluding carboxylic acids is 2. The van der Waals surface area contributed by atoms with Crippen molar-refractivity contribution in [2.24, 2.45) is 5.73 Å². The van der Waals surface area contributed by atoms with Gasteiger partial charge in [0, 0.05) is 12.3 Å². The molecule has 1 heterocycles. The molecule has 2 aromatic carbocycles. The number of nitrogens with two attached hydrogens (primary N) is 1. The lowest BCUT2D eigenvalue weighted by molar-refractivity contribution is -0.137. The Morgan fingerprint density at radius 1 is 1.00 bits per heavy atom. The van der Waals surface area contributed by atoms with Gasteiger partial charge < -0.3 is 15.6 Å². The molecule has 154 valence electrons. The summed E-state index contributed by atoms with van der Waals surface area (Å²) in [6.45, 7) is -0.151. The molecule has 2 amide bonds. The normalized spacial score (nSPS) is 11.2. The Labute approximate surface area is 168 Å². The summed E-state index contributed by atoms with van der Waals surface area (Å²) in [5.74, 6) is -1.33. The summed E-state index contributed by atoms with van der Waals surface area (Å²) in [4.78, 5) is 36.2. The lowest BCUT2D eigenvalue weighted by Gasteiger charge is -2.12. The fourth-order valence-corrected chi connectivity index (χ4v) is 2.83. The molecule has 0 aliphatic carbocycles. The lowest BCUT2D eigenvalue weighted by atomic mass is 10.1. The van der Waals surface area contributed by atoms with Crippen LogP contribution in [0.5, 0.6) is 0 Å². The number of amides is 2. The van der Waals surface area contributed by atoms with Crippen LogP contribution >= 0.6 is 0 Å². The van der Waals surface area contributed by atoms with E-state index < -0.39 is 29.1 Å². The molecule has 0 spiro atoms. The van der Waals surface area contributed by atoms with E-state index in [4.69, 9.17) is 5.73 Å². The van der Waals surface area contributed by atoms with Crippen LogP contribution in [0.4, 0.5) is 18.9 Å². The maximum Gasteiger partial charge on any atom is 0.416 e. The van der Waals surface area contributed by atoms with E-state index in [2.05, 4.69) is 5.32 Å². The van der Waals surface area contributed by atoms with Crippen LogP contribution in [0.2, 0.25) is 0 Å². The van der Waals surface area contributed by atoms with Gasteiger partial charge >= 0.3 is 6.18 Å². The van der Waals surface area contributed by atoms with Crippen molar-refractivity contribution in [3.8, 4) is 0 Å². The minimum Gasteiger partial charge on any atom is -0.366 e. The monoisotopic (exact) mass is 415 g/mol. The van der Waals surface area contributed by atoms with E-state index in [1.54, 1.807) is 12.1 Å². The first kappa shape index (κ1) is 20.8. The number of pyridine rings is 1. The SMILES string of the molecule is NC(=O)c1ccccc1NC(=O)c1ccc(=O)n(Cc2cccc(C(F)(F)F)c2)c1. The molecule has 0 radical (unpaired) electrons. The Kier molecular flexibility index (Phi) is 5.72.